The van der Waals surface area contributed by atoms with E-state index in [4.69, 9.17) is 15.2 Å². The van der Waals surface area contributed by atoms with E-state index in [9.17, 15) is 19.2 Å². The molecule has 1 aliphatic carbocycles. The Hall–Kier alpha value is -4.46. The van der Waals surface area contributed by atoms with Crippen LogP contribution >= 0.6 is 0 Å². The Balaban J connectivity index is 1.32. The first-order valence-corrected chi connectivity index (χ1v) is 11.2. The smallest absolute Gasteiger partial charge is 0.433 e. The van der Waals surface area contributed by atoms with Crippen LogP contribution in [0.3, 0.4) is 0 Å². The topological polar surface area (TPSA) is 116 Å². The summed E-state index contributed by atoms with van der Waals surface area (Å²) in [7, 11) is 0. The number of hydrogen-bond acceptors (Lipinski definition) is 7. The Morgan fingerprint density at radius 1 is 0.857 bits per heavy atom. The molecule has 2 N–H and O–H groups in total. The third kappa shape index (κ3) is 4.14. The number of ether oxygens (including phenoxy) is 2. The highest BCUT2D eigenvalue weighted by atomic mass is 16.7. The van der Waals surface area contributed by atoms with Crippen molar-refractivity contribution in [3.63, 3.8) is 0 Å². The SMILES string of the molecule is Nc1ccc(C(C(=O)OC(=O)OCC2c3ccccc3-c3ccccc32)N2C(=O)CCC2=O)cc1. The molecule has 0 saturated carbocycles. The lowest BCUT2D eigenvalue weighted by Crippen LogP contribution is -2.39. The van der Waals surface area contributed by atoms with E-state index in [0.717, 1.165) is 27.2 Å². The number of rotatable bonds is 5. The Morgan fingerprint density at radius 2 is 1.40 bits per heavy atom. The number of anilines is 1. The number of esters is 1. The van der Waals surface area contributed by atoms with Crippen LogP contribution in [0.15, 0.2) is 72.8 Å². The highest BCUT2D eigenvalue weighted by molar-refractivity contribution is 6.05. The largest absolute Gasteiger partial charge is 0.516 e. The summed E-state index contributed by atoms with van der Waals surface area (Å²) in [6, 6.07) is 20.4. The molecule has 0 radical (unpaired) electrons. The number of carbonyl (C=O) groups excluding carboxylic acids is 4. The fourth-order valence-electron chi connectivity index (χ4n) is 4.71. The number of fused-ring (bicyclic) bond motifs is 3. The van der Waals surface area contributed by atoms with Gasteiger partial charge in [0.05, 0.1) is 0 Å². The van der Waals surface area contributed by atoms with Crippen LogP contribution in [0.5, 0.6) is 0 Å². The van der Waals surface area contributed by atoms with Gasteiger partial charge in [0.15, 0.2) is 6.04 Å². The first-order chi connectivity index (χ1) is 16.9. The van der Waals surface area contributed by atoms with Crippen LogP contribution in [0.2, 0.25) is 0 Å². The second kappa shape index (κ2) is 9.06. The molecule has 3 aromatic carbocycles. The van der Waals surface area contributed by atoms with Crippen LogP contribution in [0.1, 0.15) is 41.5 Å². The van der Waals surface area contributed by atoms with Crippen LogP contribution in [0.25, 0.3) is 11.1 Å². The van der Waals surface area contributed by atoms with E-state index in [1.807, 2.05) is 48.5 Å². The standard InChI is InChI=1S/C27H22N2O6/c28-17-11-9-16(10-12-17)25(29-23(30)13-14-24(29)31)26(32)35-27(33)34-15-22-20-7-3-1-5-18(20)19-6-2-4-8-21(19)22/h1-12,22,25H,13-15,28H2. The first-order valence-electron chi connectivity index (χ1n) is 11.2. The van der Waals surface area contributed by atoms with Crippen molar-refractivity contribution in [3.05, 3.63) is 89.5 Å². The second-order valence-electron chi connectivity index (χ2n) is 8.44. The molecule has 5 rings (SSSR count). The van der Waals surface area contributed by atoms with E-state index >= 15 is 0 Å². The normalized spacial score (nSPS) is 15.5. The molecule has 0 aromatic heterocycles. The molecule has 0 bridgehead atoms. The summed E-state index contributed by atoms with van der Waals surface area (Å²) < 4.78 is 10.3. The molecule has 1 aliphatic heterocycles. The summed E-state index contributed by atoms with van der Waals surface area (Å²) in [6.45, 7) is -0.0335. The number of amides is 2. The second-order valence-corrected chi connectivity index (χ2v) is 8.44. The molecule has 8 nitrogen and oxygen atoms in total. The van der Waals surface area contributed by atoms with Crippen molar-refractivity contribution >= 4 is 29.6 Å². The minimum Gasteiger partial charge on any atom is -0.433 e. The zero-order valence-corrected chi connectivity index (χ0v) is 18.7. The summed E-state index contributed by atoms with van der Waals surface area (Å²) in [5.41, 5.74) is 10.6. The van der Waals surface area contributed by atoms with Crippen LogP contribution in [-0.2, 0) is 23.9 Å². The van der Waals surface area contributed by atoms with Gasteiger partial charge in [-0.25, -0.2) is 9.59 Å². The highest BCUT2D eigenvalue weighted by Crippen LogP contribution is 2.44. The average Bonchev–Trinajstić information content (AvgIpc) is 3.36. The molecule has 1 saturated heterocycles. The molecule has 1 atom stereocenters. The molecule has 2 aliphatic rings. The fourth-order valence-corrected chi connectivity index (χ4v) is 4.71. The number of nitrogen functional groups attached to an aromatic ring is 1. The number of likely N-dealkylation sites (tertiary alicyclic amines) is 1. The number of nitrogens with zero attached hydrogens (tertiary/aromatic N) is 1. The van der Waals surface area contributed by atoms with Crippen molar-refractivity contribution in [2.24, 2.45) is 0 Å². The van der Waals surface area contributed by atoms with Crippen molar-refractivity contribution in [1.82, 2.24) is 4.90 Å². The van der Waals surface area contributed by atoms with E-state index < -0.39 is 30.0 Å². The van der Waals surface area contributed by atoms with Crippen LogP contribution in [-0.4, -0.2) is 35.4 Å². The fraction of sp³-hybridized carbons (Fsp3) is 0.185. The maximum absolute atomic E-state index is 13.0. The maximum Gasteiger partial charge on any atom is 0.516 e. The van der Waals surface area contributed by atoms with Gasteiger partial charge in [0.2, 0.25) is 11.8 Å². The quantitative estimate of drug-likeness (QED) is 0.260. The van der Waals surface area contributed by atoms with Gasteiger partial charge < -0.3 is 15.2 Å². The van der Waals surface area contributed by atoms with Gasteiger partial charge >= 0.3 is 12.1 Å². The third-order valence-corrected chi connectivity index (χ3v) is 6.34. The van der Waals surface area contributed by atoms with Crippen LogP contribution in [0.4, 0.5) is 10.5 Å². The van der Waals surface area contributed by atoms with Crippen LogP contribution in [0, 0.1) is 0 Å². The van der Waals surface area contributed by atoms with E-state index in [2.05, 4.69) is 0 Å². The molecule has 1 fully saturated rings. The van der Waals surface area contributed by atoms with Gasteiger partial charge in [0, 0.05) is 24.4 Å². The molecule has 2 amide bonds. The number of hydrogen-bond donors (Lipinski definition) is 1. The Morgan fingerprint density at radius 3 is 1.97 bits per heavy atom. The Labute approximate surface area is 201 Å². The summed E-state index contributed by atoms with van der Waals surface area (Å²) in [5.74, 6) is -2.31. The molecular weight excluding hydrogens is 448 g/mol. The average molecular weight is 470 g/mol. The molecule has 1 unspecified atom stereocenters. The van der Waals surface area contributed by atoms with Crippen molar-refractivity contribution < 1.29 is 28.7 Å². The van der Waals surface area contributed by atoms with Crippen LogP contribution < -0.4 is 5.73 Å². The van der Waals surface area contributed by atoms with Gasteiger partial charge in [0.25, 0.3) is 0 Å². The predicted octanol–water partition coefficient (Wildman–Crippen LogP) is 3.95. The lowest BCUT2D eigenvalue weighted by atomic mass is 9.98. The van der Waals surface area contributed by atoms with Crippen molar-refractivity contribution in [1.29, 1.82) is 0 Å². The van der Waals surface area contributed by atoms with E-state index in [-0.39, 0.29) is 25.4 Å². The third-order valence-electron chi connectivity index (χ3n) is 6.34. The molecule has 35 heavy (non-hydrogen) atoms. The zero-order chi connectivity index (χ0) is 24.5. The van der Waals surface area contributed by atoms with E-state index in [0.29, 0.717) is 11.3 Å². The minimum atomic E-state index is -1.40. The summed E-state index contributed by atoms with van der Waals surface area (Å²) >= 11 is 0. The summed E-state index contributed by atoms with van der Waals surface area (Å²) in [5, 5.41) is 0. The van der Waals surface area contributed by atoms with Crippen molar-refractivity contribution in [2.75, 3.05) is 12.3 Å². The van der Waals surface area contributed by atoms with Gasteiger partial charge in [-0.05, 0) is 39.9 Å². The van der Waals surface area contributed by atoms with E-state index in [1.165, 1.54) is 24.3 Å². The van der Waals surface area contributed by atoms with Gasteiger partial charge in [0.1, 0.15) is 6.61 Å². The zero-order valence-electron chi connectivity index (χ0n) is 18.7. The molecule has 176 valence electrons. The monoisotopic (exact) mass is 470 g/mol. The first kappa shape index (κ1) is 22.3. The van der Waals surface area contributed by atoms with E-state index in [1.54, 1.807) is 0 Å². The highest BCUT2D eigenvalue weighted by Gasteiger charge is 2.41. The lowest BCUT2D eigenvalue weighted by Gasteiger charge is -2.24. The number of imide groups is 1. The number of benzene rings is 3. The molecule has 8 heteroatoms. The maximum atomic E-state index is 13.0. The number of carbonyl (C=O) groups is 4. The molecular formula is C27H22N2O6. The summed E-state index contributed by atoms with van der Waals surface area (Å²) in [4.78, 5) is 51.1. The molecule has 3 aromatic rings. The van der Waals surface area contributed by atoms with Gasteiger partial charge in [-0.1, -0.05) is 60.7 Å². The van der Waals surface area contributed by atoms with Crippen molar-refractivity contribution in [3.8, 4) is 11.1 Å². The van der Waals surface area contributed by atoms with Gasteiger partial charge in [-0.2, -0.15) is 0 Å². The Bertz CT molecular complexity index is 1270. The minimum absolute atomic E-state index is 0.0114. The van der Waals surface area contributed by atoms with Gasteiger partial charge in [-0.15, -0.1) is 0 Å². The Kier molecular flexibility index (Phi) is 5.78. The molecule has 0 spiro atoms. The molecule has 1 heterocycles. The van der Waals surface area contributed by atoms with Crippen molar-refractivity contribution in [2.45, 2.75) is 24.8 Å². The summed E-state index contributed by atoms with van der Waals surface area (Å²) in [6.07, 6.45) is -1.22. The predicted molar refractivity (Wildman–Crippen MR) is 126 cm³/mol. The lowest BCUT2D eigenvalue weighted by molar-refractivity contribution is -0.156. The van der Waals surface area contributed by atoms with Gasteiger partial charge in [-0.3, -0.25) is 14.5 Å². The number of nitrogens with two attached hydrogens (primary N) is 1.